The maximum absolute atomic E-state index is 13.5. The molecule has 0 amide bonds. The van der Waals surface area contributed by atoms with E-state index in [1.54, 1.807) is 4.57 Å². The Kier molecular flexibility index (Phi) is 21.3. The van der Waals surface area contributed by atoms with Gasteiger partial charge < -0.3 is 30.7 Å². The molecule has 0 spiro atoms. The fourth-order valence-electron chi connectivity index (χ4n) is 13.4. The highest BCUT2D eigenvalue weighted by molar-refractivity contribution is 9.10. The molecule has 3 aliphatic rings. The van der Waals surface area contributed by atoms with Crippen molar-refractivity contribution in [3.8, 4) is 69.6 Å². The zero-order chi connectivity index (χ0) is 70.3. The number of benzene rings is 6. The third-order valence-electron chi connectivity index (χ3n) is 18.5. The number of aromatic nitrogens is 12. The number of terminal acetylenes is 1. The van der Waals surface area contributed by atoms with Gasteiger partial charge in [-0.05, 0) is 179 Å². The number of nitrogens with one attached hydrogen (secondary N) is 6. The van der Waals surface area contributed by atoms with Gasteiger partial charge in [0, 0.05) is 124 Å². The van der Waals surface area contributed by atoms with Gasteiger partial charge in [-0.3, -0.25) is 30.0 Å². The average Bonchev–Trinajstić information content (AvgIpc) is 1.61. The van der Waals surface area contributed by atoms with E-state index in [2.05, 4.69) is 159 Å². The number of likely N-dealkylation sites (tertiary alicyclic amines) is 3. The monoisotopic (exact) mass is 1430 g/mol. The third kappa shape index (κ3) is 16.3. The molecule has 16 rings (SSSR count). The number of fused-ring (bicyclic) bond motifs is 6. The zero-order valence-corrected chi connectivity index (χ0v) is 58.1. The molecule has 0 aliphatic carbocycles. The Morgan fingerprint density at radius 3 is 1.58 bits per heavy atom. The quantitative estimate of drug-likeness (QED) is 0.0546. The van der Waals surface area contributed by atoms with Gasteiger partial charge in [0.05, 0.1) is 39.1 Å². The van der Waals surface area contributed by atoms with Crippen LogP contribution in [-0.2, 0) is 30.9 Å². The van der Waals surface area contributed by atoms with Gasteiger partial charge in [0.1, 0.15) is 65.8 Å². The second-order valence-corrected chi connectivity index (χ2v) is 27.8. The molecule has 20 nitrogen and oxygen atoms in total. The fourth-order valence-corrected chi connectivity index (χ4v) is 13.8. The number of rotatable bonds is 11. The molecule has 0 bridgehead atoms. The topological polar surface area (TPSA) is 267 Å². The molecule has 0 saturated carbocycles. The first-order valence-electron chi connectivity index (χ1n) is 34.0. The van der Waals surface area contributed by atoms with E-state index in [-0.39, 0.29) is 13.2 Å². The van der Waals surface area contributed by atoms with Crippen molar-refractivity contribution >= 4 is 87.4 Å². The fraction of sp³-hybridized carbons (Fsp3) is 0.325. The lowest BCUT2D eigenvalue weighted by Crippen LogP contribution is -2.33. The van der Waals surface area contributed by atoms with Crippen LogP contribution in [0.5, 0.6) is 0 Å². The van der Waals surface area contributed by atoms with Crippen LogP contribution < -0.4 is 5.73 Å². The first kappa shape index (κ1) is 69.6. The highest BCUT2D eigenvalue weighted by atomic mass is 79.9. The lowest BCUT2D eigenvalue weighted by Gasteiger charge is -2.28. The molecule has 6 aromatic carbocycles. The van der Waals surface area contributed by atoms with E-state index in [0.717, 1.165) is 180 Å². The number of hydrogen-bond acceptors (Lipinski definition) is 13. The molecule has 520 valence electrons. The van der Waals surface area contributed by atoms with E-state index in [0.29, 0.717) is 56.5 Å². The van der Waals surface area contributed by atoms with Gasteiger partial charge in [-0.2, -0.15) is 30.7 Å². The van der Waals surface area contributed by atoms with E-state index >= 15 is 0 Å². The number of nitrogens with zero attached hydrogens (tertiary/aromatic N) is 9. The molecule has 0 unspecified atom stereocenters. The minimum atomic E-state index is -0.687. The zero-order valence-electron chi connectivity index (χ0n) is 56.5. The predicted octanol–water partition coefficient (Wildman–Crippen LogP) is 14.2. The smallest absolute Gasteiger partial charge is 0.419 e. The molecular weight excluding hydrogens is 1350 g/mol. The maximum Gasteiger partial charge on any atom is 0.419 e. The summed E-state index contributed by atoms with van der Waals surface area (Å²) in [6.07, 6.45) is 5.83. The van der Waals surface area contributed by atoms with Crippen LogP contribution >= 0.6 is 15.9 Å². The van der Waals surface area contributed by atoms with Crippen molar-refractivity contribution in [3.63, 3.8) is 0 Å². The molecule has 0 atom stereocenters. The first-order valence-corrected chi connectivity index (χ1v) is 34.8. The number of piperidine rings is 3. The molecule has 24 heteroatoms. The van der Waals surface area contributed by atoms with Crippen molar-refractivity contribution in [1.82, 2.24) is 75.2 Å². The summed E-state index contributed by atoms with van der Waals surface area (Å²) < 4.78 is 48.6. The number of aliphatic hydroxyl groups excluding tert-OH is 2. The number of carbonyl (C=O) groups is 1. The Morgan fingerprint density at radius 1 is 0.574 bits per heavy atom. The van der Waals surface area contributed by atoms with Crippen LogP contribution in [0.2, 0.25) is 0 Å². The van der Waals surface area contributed by atoms with Crippen LogP contribution in [0, 0.1) is 24.2 Å². The first-order chi connectivity index (χ1) is 49.0. The highest BCUT2D eigenvalue weighted by Gasteiger charge is 2.27. The lowest BCUT2D eigenvalue weighted by atomic mass is 10.1. The number of ether oxygens (including phenoxy) is 1. The molecule has 0 radical (unpaired) electrons. The molecule has 7 aromatic heterocycles. The number of alkyl halides is 3. The summed E-state index contributed by atoms with van der Waals surface area (Å²) in [6, 6.07) is 43.1. The Morgan fingerprint density at radius 2 is 1.06 bits per heavy atom. The summed E-state index contributed by atoms with van der Waals surface area (Å²) in [6.45, 7) is 12.9. The van der Waals surface area contributed by atoms with Crippen LogP contribution in [0.3, 0.4) is 0 Å². The number of hydrogen-bond donors (Lipinski definition) is 9. The van der Waals surface area contributed by atoms with Crippen LogP contribution in [0.4, 0.5) is 18.0 Å². The molecular formula is C77H80BrF3N16O4. The second kappa shape index (κ2) is 30.9. The number of halogens is 4. The van der Waals surface area contributed by atoms with Gasteiger partial charge in [0.25, 0.3) is 0 Å². The van der Waals surface area contributed by atoms with E-state index in [9.17, 15) is 18.0 Å². The Labute approximate surface area is 589 Å². The van der Waals surface area contributed by atoms with E-state index < -0.39 is 30.2 Å². The van der Waals surface area contributed by atoms with Crippen LogP contribution in [0.15, 0.2) is 132 Å². The van der Waals surface area contributed by atoms with E-state index in [1.807, 2.05) is 99.5 Å². The van der Waals surface area contributed by atoms with Crippen molar-refractivity contribution in [3.05, 3.63) is 160 Å². The van der Waals surface area contributed by atoms with Gasteiger partial charge in [0.15, 0.2) is 0 Å². The van der Waals surface area contributed by atoms with Crippen molar-refractivity contribution in [2.75, 3.05) is 52.5 Å². The summed E-state index contributed by atoms with van der Waals surface area (Å²) in [5, 5.41) is 56.6. The summed E-state index contributed by atoms with van der Waals surface area (Å²) in [7, 11) is 0. The number of aliphatic hydroxyl groups is 2. The predicted molar refractivity (Wildman–Crippen MR) is 395 cm³/mol. The SMILES string of the molecule is C#CCO.CC(C)(C)OC(=O)n1c(-c2n[nH]c3cc(Br)ccc23)cc2cc(CN3CCC(F)CC3)ccc21.NCc1n[nH]nc1-c1ccc2c(-c3cc4cc(CN5CCC(F)CC5)ccc4[nH]3)n[nH]c2c1.OCC#Cc1ccc2c(-c3cc4cc(CN5CCC(F)CC5)ccc4[nH]3)n[nH]c2c1. The van der Waals surface area contributed by atoms with Crippen LogP contribution in [0.1, 0.15) is 87.2 Å². The molecule has 101 heavy (non-hydrogen) atoms. The van der Waals surface area contributed by atoms with Gasteiger partial charge >= 0.3 is 6.09 Å². The summed E-state index contributed by atoms with van der Waals surface area (Å²) in [5.41, 5.74) is 22.6. The highest BCUT2D eigenvalue weighted by Crippen LogP contribution is 2.37. The Bertz CT molecular complexity index is 5170. The average molecular weight is 1430 g/mol. The molecule has 10 heterocycles. The molecule has 3 fully saturated rings. The van der Waals surface area contributed by atoms with Gasteiger partial charge in [-0.15, -0.1) is 6.42 Å². The lowest BCUT2D eigenvalue weighted by molar-refractivity contribution is 0.0547. The normalized spacial score (nSPS) is 15.3. The second-order valence-electron chi connectivity index (χ2n) is 26.9. The maximum atomic E-state index is 13.5. The minimum absolute atomic E-state index is 0.153. The van der Waals surface area contributed by atoms with E-state index in [1.165, 1.54) is 11.1 Å². The molecule has 3 saturated heterocycles. The number of H-pyrrole nitrogens is 6. The molecule has 13 aromatic rings. The molecule has 3 aliphatic heterocycles. The summed E-state index contributed by atoms with van der Waals surface area (Å²) >= 11 is 3.50. The number of carbonyl (C=O) groups excluding carboxylic acids is 1. The van der Waals surface area contributed by atoms with Crippen molar-refractivity contribution in [2.45, 2.75) is 110 Å². The Hall–Kier alpha value is -9.89. The number of aromatic amines is 6. The van der Waals surface area contributed by atoms with Gasteiger partial charge in [-0.1, -0.05) is 58.0 Å². The summed E-state index contributed by atoms with van der Waals surface area (Å²) in [4.78, 5) is 27.2. The van der Waals surface area contributed by atoms with E-state index in [4.69, 9.17) is 20.7 Å². The minimum Gasteiger partial charge on any atom is -0.443 e. The largest absolute Gasteiger partial charge is 0.443 e. The number of nitrogens with two attached hydrogens (primary N) is 1. The van der Waals surface area contributed by atoms with Gasteiger partial charge in [-0.25, -0.2) is 22.5 Å². The van der Waals surface area contributed by atoms with Crippen LogP contribution in [-0.4, -0.2) is 168 Å². The molecule has 10 N–H and O–H groups in total. The summed E-state index contributed by atoms with van der Waals surface area (Å²) in [5.74, 6) is 7.57. The Balaban J connectivity index is 0.000000132. The van der Waals surface area contributed by atoms with Gasteiger partial charge in [0.2, 0.25) is 0 Å². The van der Waals surface area contributed by atoms with Crippen molar-refractivity contribution in [2.24, 2.45) is 5.73 Å². The standard InChI is InChI=1S/C26H28BrFN4O2.C24H25FN8.C24H23FN4O.C3H4O/c1-26(2,3)34-25(33)32-22-7-4-16(15-31-10-8-19(28)9-11-31)12-17(22)13-23(32)24-20-6-5-18(27)14-21(20)29-30-24;25-17-5-7-33(8-6-17)13-14-1-4-19-16(9-14)11-21(27-19)24-18-3-2-15(10-20(18)28-30-24)23-22(12-26)29-32-31-23;25-19-7-9-29(10-8-19)15-17-4-6-21-18(12-17)14-23(26-21)24-20-5-3-16(2-1-11-30)13-22(20)27-28-24;1-2-3-4/h4-7,12-14,19H,8-11,15H2,1-3H3,(H,29,30);1-4,9-11,17,27H,5-8,12-13,26H2,(H,28,30)(H,29,31,32);3-6,12-14,19,26,30H,7-11,15H2,(H,27,28);1,4H,3H2. The van der Waals surface area contributed by atoms with Crippen LogP contribution in [0.25, 0.3) is 111 Å². The third-order valence-corrected chi connectivity index (χ3v) is 19.0. The van der Waals surface area contributed by atoms with Crippen molar-refractivity contribution in [1.29, 1.82) is 0 Å². The van der Waals surface area contributed by atoms with Crippen molar-refractivity contribution < 1.29 is 32.9 Å².